The lowest BCUT2D eigenvalue weighted by Crippen LogP contribution is -2.28. The van der Waals surface area contributed by atoms with Crippen LogP contribution in [0.25, 0.3) is 0 Å². The molecule has 0 aromatic heterocycles. The van der Waals surface area contributed by atoms with Crippen LogP contribution in [0.15, 0.2) is 36.4 Å². The number of halogens is 2. The first kappa shape index (κ1) is 16.1. The van der Waals surface area contributed by atoms with Crippen LogP contribution in [-0.2, 0) is 6.54 Å². The van der Waals surface area contributed by atoms with Gasteiger partial charge in [0.1, 0.15) is 0 Å². The van der Waals surface area contributed by atoms with Crippen molar-refractivity contribution in [2.24, 2.45) is 0 Å². The van der Waals surface area contributed by atoms with E-state index in [-0.39, 0.29) is 0 Å². The third-order valence-electron chi connectivity index (χ3n) is 3.06. The second-order valence-corrected chi connectivity index (χ2v) is 6.10. The summed E-state index contributed by atoms with van der Waals surface area (Å²) in [6.07, 6.45) is 0. The van der Waals surface area contributed by atoms with Gasteiger partial charge in [-0.2, -0.15) is 0 Å². The van der Waals surface area contributed by atoms with Gasteiger partial charge in [0.2, 0.25) is 0 Å². The van der Waals surface area contributed by atoms with Crippen molar-refractivity contribution in [2.45, 2.75) is 20.4 Å². The predicted octanol–water partition coefficient (Wildman–Crippen LogP) is 5.10. The van der Waals surface area contributed by atoms with Gasteiger partial charge in [-0.25, -0.2) is 0 Å². The molecule has 0 aliphatic heterocycles. The highest BCUT2D eigenvalue weighted by molar-refractivity contribution is 7.80. The molecular formula is C16H16Cl2N2S. The van der Waals surface area contributed by atoms with Crippen molar-refractivity contribution in [1.82, 2.24) is 5.32 Å². The molecule has 0 bridgehead atoms. The van der Waals surface area contributed by atoms with Crippen molar-refractivity contribution in [3.05, 3.63) is 63.1 Å². The molecule has 2 aromatic rings. The SMILES string of the molecule is Cc1ccc(NC(=S)NCc2ccc(C)c(Cl)c2)c(Cl)c1. The number of rotatable bonds is 3. The Labute approximate surface area is 140 Å². The van der Waals surface area contributed by atoms with Crippen LogP contribution in [0.3, 0.4) is 0 Å². The Bertz CT molecular complexity index is 671. The molecule has 110 valence electrons. The highest BCUT2D eigenvalue weighted by Crippen LogP contribution is 2.22. The molecule has 0 heterocycles. The molecule has 0 amide bonds. The van der Waals surface area contributed by atoms with E-state index in [0.29, 0.717) is 16.7 Å². The number of thiocarbonyl (C=S) groups is 1. The molecule has 0 unspecified atom stereocenters. The van der Waals surface area contributed by atoms with E-state index in [1.165, 1.54) is 0 Å². The van der Waals surface area contributed by atoms with Gasteiger partial charge in [-0.05, 0) is 61.0 Å². The topological polar surface area (TPSA) is 24.1 Å². The van der Waals surface area contributed by atoms with Crippen molar-refractivity contribution in [1.29, 1.82) is 0 Å². The zero-order chi connectivity index (χ0) is 15.4. The van der Waals surface area contributed by atoms with Crippen LogP contribution in [0.5, 0.6) is 0 Å². The molecule has 0 saturated heterocycles. The fraction of sp³-hybridized carbons (Fsp3) is 0.188. The van der Waals surface area contributed by atoms with Gasteiger partial charge in [0.15, 0.2) is 5.11 Å². The average Bonchev–Trinajstić information content (AvgIpc) is 2.43. The fourth-order valence-corrected chi connectivity index (χ4v) is 2.48. The summed E-state index contributed by atoms with van der Waals surface area (Å²) in [5.41, 5.74) is 4.04. The fourth-order valence-electron chi connectivity index (χ4n) is 1.82. The van der Waals surface area contributed by atoms with Crippen LogP contribution in [0.4, 0.5) is 5.69 Å². The summed E-state index contributed by atoms with van der Waals surface area (Å²) in [5.74, 6) is 0. The minimum atomic E-state index is 0.525. The Balaban J connectivity index is 1.94. The molecule has 21 heavy (non-hydrogen) atoms. The lowest BCUT2D eigenvalue weighted by atomic mass is 10.1. The second kappa shape index (κ2) is 7.12. The van der Waals surface area contributed by atoms with Gasteiger partial charge in [0.25, 0.3) is 0 Å². The van der Waals surface area contributed by atoms with E-state index in [1.807, 2.05) is 50.2 Å². The largest absolute Gasteiger partial charge is 0.358 e. The molecule has 2 nitrogen and oxygen atoms in total. The molecule has 0 aliphatic rings. The van der Waals surface area contributed by atoms with Gasteiger partial charge in [-0.1, -0.05) is 41.4 Å². The van der Waals surface area contributed by atoms with Crippen LogP contribution in [-0.4, -0.2) is 5.11 Å². The summed E-state index contributed by atoms with van der Waals surface area (Å²) in [4.78, 5) is 0. The molecule has 0 radical (unpaired) electrons. The molecular weight excluding hydrogens is 323 g/mol. The molecule has 0 aliphatic carbocycles. The van der Waals surface area contributed by atoms with Crippen molar-refractivity contribution >= 4 is 46.2 Å². The number of aryl methyl sites for hydroxylation is 2. The first-order valence-corrected chi connectivity index (χ1v) is 7.68. The summed E-state index contributed by atoms with van der Waals surface area (Å²) in [6.45, 7) is 4.58. The smallest absolute Gasteiger partial charge is 0.171 e. The lowest BCUT2D eigenvalue weighted by molar-refractivity contribution is 0.925. The number of nitrogens with one attached hydrogen (secondary N) is 2. The average molecular weight is 339 g/mol. The predicted molar refractivity (Wildman–Crippen MR) is 95.4 cm³/mol. The minimum absolute atomic E-state index is 0.525. The van der Waals surface area contributed by atoms with Crippen LogP contribution >= 0.6 is 35.4 Å². The van der Waals surface area contributed by atoms with E-state index >= 15 is 0 Å². The van der Waals surface area contributed by atoms with Crippen molar-refractivity contribution in [3.8, 4) is 0 Å². The summed E-state index contributed by atoms with van der Waals surface area (Å²) in [5, 5.41) is 8.16. The summed E-state index contributed by atoms with van der Waals surface area (Å²) >= 11 is 17.5. The van der Waals surface area contributed by atoms with Crippen molar-refractivity contribution in [3.63, 3.8) is 0 Å². The zero-order valence-corrected chi connectivity index (χ0v) is 14.2. The van der Waals surface area contributed by atoms with E-state index in [9.17, 15) is 0 Å². The van der Waals surface area contributed by atoms with Gasteiger partial charge < -0.3 is 10.6 Å². The van der Waals surface area contributed by atoms with Crippen molar-refractivity contribution in [2.75, 3.05) is 5.32 Å². The zero-order valence-electron chi connectivity index (χ0n) is 11.8. The Morgan fingerprint density at radius 3 is 2.48 bits per heavy atom. The standard InChI is InChI=1S/C16H16Cl2N2S/c1-10-3-6-15(14(18)7-10)20-16(21)19-9-12-5-4-11(2)13(17)8-12/h3-8H,9H2,1-2H3,(H2,19,20,21). The molecule has 2 aromatic carbocycles. The van der Waals surface area contributed by atoms with Gasteiger partial charge in [-0.3, -0.25) is 0 Å². The highest BCUT2D eigenvalue weighted by atomic mass is 35.5. The molecule has 0 fully saturated rings. The van der Waals surface area contributed by atoms with Crippen molar-refractivity contribution < 1.29 is 0 Å². The van der Waals surface area contributed by atoms with E-state index in [2.05, 4.69) is 10.6 Å². The van der Waals surface area contributed by atoms with Gasteiger partial charge in [0, 0.05) is 11.6 Å². The molecule has 2 N–H and O–H groups in total. The molecule has 0 atom stereocenters. The third kappa shape index (κ3) is 4.60. The molecule has 5 heteroatoms. The monoisotopic (exact) mass is 338 g/mol. The van der Waals surface area contributed by atoms with Crippen LogP contribution < -0.4 is 10.6 Å². The second-order valence-electron chi connectivity index (χ2n) is 4.87. The van der Waals surface area contributed by atoms with E-state index < -0.39 is 0 Å². The number of benzene rings is 2. The summed E-state index contributed by atoms with van der Waals surface area (Å²) in [6, 6.07) is 11.7. The first-order valence-electron chi connectivity index (χ1n) is 6.52. The summed E-state index contributed by atoms with van der Waals surface area (Å²) < 4.78 is 0. The maximum absolute atomic E-state index is 6.16. The van der Waals surface area contributed by atoms with E-state index in [4.69, 9.17) is 35.4 Å². The third-order valence-corrected chi connectivity index (χ3v) is 4.03. The lowest BCUT2D eigenvalue weighted by Gasteiger charge is -2.12. The van der Waals surface area contributed by atoms with Gasteiger partial charge in [0.05, 0.1) is 10.7 Å². The Morgan fingerprint density at radius 1 is 1.05 bits per heavy atom. The minimum Gasteiger partial charge on any atom is -0.358 e. The number of anilines is 1. The van der Waals surface area contributed by atoms with Crippen LogP contribution in [0.2, 0.25) is 10.0 Å². The molecule has 2 rings (SSSR count). The molecule has 0 saturated carbocycles. The normalized spacial score (nSPS) is 10.3. The number of hydrogen-bond acceptors (Lipinski definition) is 1. The van der Waals surface area contributed by atoms with Gasteiger partial charge in [-0.15, -0.1) is 0 Å². The quantitative estimate of drug-likeness (QED) is 0.761. The van der Waals surface area contributed by atoms with Crippen LogP contribution in [0.1, 0.15) is 16.7 Å². The maximum Gasteiger partial charge on any atom is 0.171 e. The van der Waals surface area contributed by atoms with Crippen LogP contribution in [0, 0.1) is 13.8 Å². The summed E-state index contributed by atoms with van der Waals surface area (Å²) in [7, 11) is 0. The van der Waals surface area contributed by atoms with Gasteiger partial charge >= 0.3 is 0 Å². The maximum atomic E-state index is 6.16. The number of hydrogen-bond donors (Lipinski definition) is 2. The Morgan fingerprint density at radius 2 is 1.81 bits per heavy atom. The first-order chi connectivity index (χ1) is 9.95. The molecule has 0 spiro atoms. The Kier molecular flexibility index (Phi) is 5.45. The Hall–Kier alpha value is -1.29. The van der Waals surface area contributed by atoms with E-state index in [0.717, 1.165) is 27.4 Å². The van der Waals surface area contributed by atoms with E-state index in [1.54, 1.807) is 0 Å². The highest BCUT2D eigenvalue weighted by Gasteiger charge is 2.03.